The van der Waals surface area contributed by atoms with Crippen LogP contribution in [0.25, 0.3) is 0 Å². The Labute approximate surface area is 159 Å². The predicted molar refractivity (Wildman–Crippen MR) is 103 cm³/mol. The van der Waals surface area contributed by atoms with Crippen LogP contribution >= 0.6 is 0 Å². The van der Waals surface area contributed by atoms with Crippen LogP contribution in [0.1, 0.15) is 29.8 Å². The number of Topliss-reactive ketones (excluding diaryl/α,β-unsaturated/α-hetero) is 1. The Hall–Kier alpha value is -2.86. The number of fused-ring (bicyclic) bond motifs is 1. The van der Waals surface area contributed by atoms with E-state index >= 15 is 0 Å². The molecule has 27 heavy (non-hydrogen) atoms. The first-order valence-electron chi connectivity index (χ1n) is 8.94. The van der Waals surface area contributed by atoms with Gasteiger partial charge < -0.3 is 14.8 Å². The normalized spacial score (nSPS) is 13.9. The Morgan fingerprint density at radius 2 is 1.74 bits per heavy atom. The van der Waals surface area contributed by atoms with Gasteiger partial charge in [0.05, 0.1) is 6.04 Å². The molecule has 3 rings (SSSR count). The number of ether oxygens (including phenoxy) is 2. The van der Waals surface area contributed by atoms with Crippen molar-refractivity contribution in [3.05, 3.63) is 53.6 Å². The summed E-state index contributed by atoms with van der Waals surface area (Å²) in [4.78, 5) is 25.9. The molecule has 0 saturated heterocycles. The molecule has 1 heterocycles. The summed E-state index contributed by atoms with van der Waals surface area (Å²) < 4.78 is 11.2. The third-order valence-corrected chi connectivity index (χ3v) is 4.57. The molecule has 142 valence electrons. The maximum atomic E-state index is 12.8. The molecular formula is C21H24N2O4. The molecule has 6 heteroatoms. The zero-order valence-corrected chi connectivity index (χ0v) is 15.8. The van der Waals surface area contributed by atoms with Crippen LogP contribution in [0, 0.1) is 0 Å². The number of hydrogen-bond donors (Lipinski definition) is 1. The molecule has 0 bridgehead atoms. The lowest BCUT2D eigenvalue weighted by Crippen LogP contribution is -2.35. The van der Waals surface area contributed by atoms with Gasteiger partial charge in [-0.3, -0.25) is 14.5 Å². The van der Waals surface area contributed by atoms with Gasteiger partial charge in [0.1, 0.15) is 13.2 Å². The molecule has 0 radical (unpaired) electrons. The third-order valence-electron chi connectivity index (χ3n) is 4.57. The predicted octanol–water partition coefficient (Wildman–Crippen LogP) is 3.12. The van der Waals surface area contributed by atoms with Crippen molar-refractivity contribution in [1.82, 2.24) is 4.90 Å². The van der Waals surface area contributed by atoms with Crippen LogP contribution in [0.3, 0.4) is 0 Å². The van der Waals surface area contributed by atoms with E-state index in [1.54, 1.807) is 24.3 Å². The van der Waals surface area contributed by atoms with Crippen molar-refractivity contribution in [2.45, 2.75) is 26.4 Å². The van der Waals surface area contributed by atoms with Crippen LogP contribution in [0.2, 0.25) is 0 Å². The van der Waals surface area contributed by atoms with Crippen LogP contribution in [0.15, 0.2) is 42.5 Å². The summed E-state index contributed by atoms with van der Waals surface area (Å²) in [5, 5.41) is 2.70. The SMILES string of the molecule is CC(=O)Nc1ccc(C(=O)[C@@H](C)N(C)Cc2ccc3c(c2)OCCO3)cc1. The lowest BCUT2D eigenvalue weighted by atomic mass is 10.0. The molecular weight excluding hydrogens is 344 g/mol. The molecule has 1 aliphatic heterocycles. The number of nitrogens with one attached hydrogen (secondary N) is 1. The first kappa shape index (κ1) is 18.9. The molecule has 0 spiro atoms. The molecule has 2 aromatic rings. The van der Waals surface area contributed by atoms with Gasteiger partial charge in [-0.2, -0.15) is 0 Å². The summed E-state index contributed by atoms with van der Waals surface area (Å²) in [6.07, 6.45) is 0. The van der Waals surface area contributed by atoms with Gasteiger partial charge in [0.15, 0.2) is 17.3 Å². The van der Waals surface area contributed by atoms with E-state index in [1.165, 1.54) is 6.92 Å². The van der Waals surface area contributed by atoms with E-state index in [9.17, 15) is 9.59 Å². The van der Waals surface area contributed by atoms with Crippen LogP contribution in [0.4, 0.5) is 5.69 Å². The minimum absolute atomic E-state index is 0.0319. The number of hydrogen-bond acceptors (Lipinski definition) is 5. The molecule has 2 aromatic carbocycles. The molecule has 6 nitrogen and oxygen atoms in total. The number of carbonyl (C=O) groups is 2. The smallest absolute Gasteiger partial charge is 0.221 e. The fraction of sp³-hybridized carbons (Fsp3) is 0.333. The second-order valence-corrected chi connectivity index (χ2v) is 6.69. The van der Waals surface area contributed by atoms with Gasteiger partial charge in [-0.25, -0.2) is 0 Å². The lowest BCUT2D eigenvalue weighted by molar-refractivity contribution is -0.114. The molecule has 0 unspecified atom stereocenters. The average Bonchev–Trinajstić information content (AvgIpc) is 2.67. The molecule has 0 aliphatic carbocycles. The van der Waals surface area contributed by atoms with E-state index in [1.807, 2.05) is 37.1 Å². The molecule has 0 fully saturated rings. The van der Waals surface area contributed by atoms with Crippen molar-refractivity contribution < 1.29 is 19.1 Å². The summed E-state index contributed by atoms with van der Waals surface area (Å²) >= 11 is 0. The van der Waals surface area contributed by atoms with Gasteiger partial charge in [0.2, 0.25) is 5.91 Å². The molecule has 0 aromatic heterocycles. The fourth-order valence-corrected chi connectivity index (χ4v) is 2.97. The third kappa shape index (κ3) is 4.65. The van der Waals surface area contributed by atoms with Gasteiger partial charge in [-0.05, 0) is 55.9 Å². The van der Waals surface area contributed by atoms with E-state index < -0.39 is 0 Å². The molecule has 0 saturated carbocycles. The van der Waals surface area contributed by atoms with Gasteiger partial charge in [-0.1, -0.05) is 6.07 Å². The topological polar surface area (TPSA) is 67.9 Å². The first-order chi connectivity index (χ1) is 12.9. The number of benzene rings is 2. The van der Waals surface area contributed by atoms with Crippen LogP contribution in [-0.4, -0.2) is 42.9 Å². The molecule has 1 aliphatic rings. The summed E-state index contributed by atoms with van der Waals surface area (Å²) in [7, 11) is 1.92. The van der Waals surface area contributed by atoms with Crippen molar-refractivity contribution in [1.29, 1.82) is 0 Å². The number of amides is 1. The minimum atomic E-state index is -0.287. The molecule has 1 atom stereocenters. The zero-order chi connectivity index (χ0) is 19.4. The lowest BCUT2D eigenvalue weighted by Gasteiger charge is -2.25. The molecule has 1 amide bonds. The number of nitrogens with zero attached hydrogens (tertiary/aromatic N) is 1. The number of carbonyl (C=O) groups excluding carboxylic acids is 2. The Morgan fingerprint density at radius 3 is 2.41 bits per heavy atom. The van der Waals surface area contributed by atoms with E-state index in [-0.39, 0.29) is 17.7 Å². The van der Waals surface area contributed by atoms with Crippen molar-refractivity contribution in [3.8, 4) is 11.5 Å². The largest absolute Gasteiger partial charge is 0.486 e. The van der Waals surface area contributed by atoms with Crippen molar-refractivity contribution in [2.75, 3.05) is 25.6 Å². The van der Waals surface area contributed by atoms with E-state index in [2.05, 4.69) is 5.32 Å². The van der Waals surface area contributed by atoms with Gasteiger partial charge in [0.25, 0.3) is 0 Å². The summed E-state index contributed by atoms with van der Waals surface area (Å²) in [6, 6.07) is 12.5. The van der Waals surface area contributed by atoms with E-state index in [0.29, 0.717) is 31.0 Å². The highest BCUT2D eigenvalue weighted by atomic mass is 16.6. The fourth-order valence-electron chi connectivity index (χ4n) is 2.97. The van der Waals surface area contributed by atoms with Crippen LogP contribution < -0.4 is 14.8 Å². The maximum absolute atomic E-state index is 12.8. The Morgan fingerprint density at radius 1 is 1.07 bits per heavy atom. The number of ketones is 1. The summed E-state index contributed by atoms with van der Waals surface area (Å²) in [5.74, 6) is 1.40. The first-order valence-corrected chi connectivity index (χ1v) is 8.94. The highest BCUT2D eigenvalue weighted by molar-refractivity contribution is 6.00. The number of likely N-dealkylation sites (N-methyl/N-ethyl adjacent to an activating group) is 1. The van der Waals surface area contributed by atoms with Gasteiger partial charge in [0, 0.05) is 24.7 Å². The minimum Gasteiger partial charge on any atom is -0.486 e. The maximum Gasteiger partial charge on any atom is 0.221 e. The quantitative estimate of drug-likeness (QED) is 0.794. The van der Waals surface area contributed by atoms with Crippen molar-refractivity contribution in [2.24, 2.45) is 0 Å². The second-order valence-electron chi connectivity index (χ2n) is 6.69. The van der Waals surface area contributed by atoms with Crippen molar-refractivity contribution >= 4 is 17.4 Å². The number of rotatable bonds is 6. The van der Waals surface area contributed by atoms with E-state index in [0.717, 1.165) is 17.1 Å². The van der Waals surface area contributed by atoms with Crippen molar-refractivity contribution in [3.63, 3.8) is 0 Å². The van der Waals surface area contributed by atoms with Gasteiger partial charge in [-0.15, -0.1) is 0 Å². The second kappa shape index (κ2) is 8.22. The van der Waals surface area contributed by atoms with Crippen LogP contribution in [0.5, 0.6) is 11.5 Å². The van der Waals surface area contributed by atoms with E-state index in [4.69, 9.17) is 9.47 Å². The standard InChI is InChI=1S/C21H24N2O4/c1-14(21(25)17-5-7-18(8-6-17)22-15(2)24)23(3)13-16-4-9-19-20(12-16)27-11-10-26-19/h4-9,12,14H,10-11,13H2,1-3H3,(H,22,24)/t14-/m1/s1. The Kier molecular flexibility index (Phi) is 5.76. The summed E-state index contributed by atoms with van der Waals surface area (Å²) in [6.45, 7) is 5.08. The monoisotopic (exact) mass is 368 g/mol. The highest BCUT2D eigenvalue weighted by Gasteiger charge is 2.21. The summed E-state index contributed by atoms with van der Waals surface area (Å²) in [5.41, 5.74) is 2.35. The van der Waals surface area contributed by atoms with Gasteiger partial charge >= 0.3 is 0 Å². The zero-order valence-electron chi connectivity index (χ0n) is 15.8. The Bertz CT molecular complexity index is 833. The Balaban J connectivity index is 1.64. The number of anilines is 1. The molecule has 1 N–H and O–H groups in total. The highest BCUT2D eigenvalue weighted by Crippen LogP contribution is 2.31. The average molecular weight is 368 g/mol. The van der Waals surface area contributed by atoms with Crippen LogP contribution in [-0.2, 0) is 11.3 Å².